The molecule has 2 N–H and O–H groups in total. The van der Waals surface area contributed by atoms with Crippen LogP contribution in [0.5, 0.6) is 0 Å². The molecular formula is C12H16BrNO. The van der Waals surface area contributed by atoms with Gasteiger partial charge in [-0.1, -0.05) is 34.1 Å². The lowest BCUT2D eigenvalue weighted by molar-refractivity contribution is -0.0922. The number of halogens is 1. The average Bonchev–Trinajstić information content (AvgIpc) is 2.03. The van der Waals surface area contributed by atoms with Crippen LogP contribution in [0.25, 0.3) is 0 Å². The van der Waals surface area contributed by atoms with Gasteiger partial charge in [0.05, 0.1) is 18.6 Å². The summed E-state index contributed by atoms with van der Waals surface area (Å²) in [7, 11) is 0. The van der Waals surface area contributed by atoms with E-state index < -0.39 is 0 Å². The van der Waals surface area contributed by atoms with Crippen LogP contribution in [-0.4, -0.2) is 18.8 Å². The minimum absolute atomic E-state index is 0.0485. The third kappa shape index (κ3) is 1.63. The second kappa shape index (κ2) is 3.58. The van der Waals surface area contributed by atoms with Crippen LogP contribution in [0.4, 0.5) is 0 Å². The van der Waals surface area contributed by atoms with Crippen molar-refractivity contribution >= 4 is 15.9 Å². The maximum Gasteiger partial charge on any atom is 0.0605 e. The van der Waals surface area contributed by atoms with Crippen molar-refractivity contribution in [1.29, 1.82) is 0 Å². The quantitative estimate of drug-likeness (QED) is 0.896. The summed E-state index contributed by atoms with van der Waals surface area (Å²) in [5.41, 5.74) is 7.21. The minimum Gasteiger partial charge on any atom is -0.379 e. The third-order valence-electron chi connectivity index (χ3n) is 3.32. The van der Waals surface area contributed by atoms with Crippen molar-refractivity contribution in [3.8, 4) is 0 Å². The zero-order valence-corrected chi connectivity index (χ0v) is 10.7. The van der Waals surface area contributed by atoms with E-state index in [-0.39, 0.29) is 11.0 Å². The van der Waals surface area contributed by atoms with Crippen LogP contribution < -0.4 is 5.73 Å². The largest absolute Gasteiger partial charge is 0.379 e. The maximum absolute atomic E-state index is 6.28. The van der Waals surface area contributed by atoms with Gasteiger partial charge in [0, 0.05) is 10.0 Å². The van der Waals surface area contributed by atoms with Gasteiger partial charge in [0.1, 0.15) is 0 Å². The molecule has 0 amide bonds. The van der Waals surface area contributed by atoms with Crippen molar-refractivity contribution < 1.29 is 4.74 Å². The second-order valence-electron chi connectivity index (χ2n) is 4.78. The number of rotatable bonds is 2. The Morgan fingerprint density at radius 1 is 1.33 bits per heavy atom. The van der Waals surface area contributed by atoms with Gasteiger partial charge >= 0.3 is 0 Å². The zero-order valence-electron chi connectivity index (χ0n) is 9.09. The minimum atomic E-state index is -0.269. The van der Waals surface area contributed by atoms with E-state index in [0.29, 0.717) is 13.2 Å². The van der Waals surface area contributed by atoms with Crippen LogP contribution in [0.15, 0.2) is 28.7 Å². The summed E-state index contributed by atoms with van der Waals surface area (Å²) in [5.74, 6) is 0. The van der Waals surface area contributed by atoms with Crippen molar-refractivity contribution in [2.45, 2.75) is 24.8 Å². The first-order valence-electron chi connectivity index (χ1n) is 5.09. The van der Waals surface area contributed by atoms with Gasteiger partial charge in [0.25, 0.3) is 0 Å². The molecule has 0 spiro atoms. The highest BCUT2D eigenvalue weighted by Gasteiger charge is 2.51. The summed E-state index contributed by atoms with van der Waals surface area (Å²) in [4.78, 5) is 0. The second-order valence-corrected chi connectivity index (χ2v) is 5.63. The summed E-state index contributed by atoms with van der Waals surface area (Å²) < 4.78 is 6.49. The van der Waals surface area contributed by atoms with Gasteiger partial charge in [-0.25, -0.2) is 0 Å². The van der Waals surface area contributed by atoms with Crippen molar-refractivity contribution in [3.63, 3.8) is 0 Å². The Balaban J connectivity index is 2.48. The highest BCUT2D eigenvalue weighted by Crippen LogP contribution is 2.43. The van der Waals surface area contributed by atoms with Crippen LogP contribution in [0, 0.1) is 0 Å². The third-order valence-corrected chi connectivity index (χ3v) is 4.01. The molecule has 0 bridgehead atoms. The molecule has 1 fully saturated rings. The summed E-state index contributed by atoms with van der Waals surface area (Å²) >= 11 is 3.59. The highest BCUT2D eigenvalue weighted by atomic mass is 79.9. The lowest BCUT2D eigenvalue weighted by Crippen LogP contribution is -2.65. The van der Waals surface area contributed by atoms with E-state index in [1.807, 2.05) is 12.1 Å². The average molecular weight is 270 g/mol. The van der Waals surface area contributed by atoms with Crippen molar-refractivity contribution in [1.82, 2.24) is 0 Å². The summed E-state index contributed by atoms with van der Waals surface area (Å²) in [5, 5.41) is 0. The summed E-state index contributed by atoms with van der Waals surface area (Å²) in [6, 6.07) is 8.25. The molecule has 0 radical (unpaired) electrons. The molecule has 1 aromatic carbocycles. The van der Waals surface area contributed by atoms with Crippen molar-refractivity contribution in [2.24, 2.45) is 5.73 Å². The van der Waals surface area contributed by atoms with Gasteiger partial charge in [-0.15, -0.1) is 0 Å². The van der Waals surface area contributed by atoms with E-state index >= 15 is 0 Å². The fourth-order valence-corrected chi connectivity index (χ4v) is 2.69. The van der Waals surface area contributed by atoms with Crippen molar-refractivity contribution in [2.75, 3.05) is 13.2 Å². The number of benzene rings is 1. The predicted octanol–water partition coefficient (Wildman–Crippen LogP) is 2.45. The van der Waals surface area contributed by atoms with E-state index in [9.17, 15) is 0 Å². The molecule has 3 heteroatoms. The smallest absolute Gasteiger partial charge is 0.0605 e. The molecule has 1 aromatic rings. The van der Waals surface area contributed by atoms with Gasteiger partial charge in [0.15, 0.2) is 0 Å². The summed E-state index contributed by atoms with van der Waals surface area (Å²) in [6.45, 7) is 5.54. The fourth-order valence-electron chi connectivity index (χ4n) is 2.03. The van der Waals surface area contributed by atoms with Gasteiger partial charge in [-0.2, -0.15) is 0 Å². The van der Waals surface area contributed by atoms with Gasteiger partial charge in [-0.3, -0.25) is 0 Å². The number of hydrogen-bond acceptors (Lipinski definition) is 2. The van der Waals surface area contributed by atoms with Crippen LogP contribution in [-0.2, 0) is 10.2 Å². The Morgan fingerprint density at radius 3 is 2.33 bits per heavy atom. The maximum atomic E-state index is 6.28. The monoisotopic (exact) mass is 269 g/mol. The molecule has 0 unspecified atom stereocenters. The van der Waals surface area contributed by atoms with Crippen LogP contribution in [0.3, 0.4) is 0 Å². The Kier molecular flexibility index (Phi) is 2.65. The first-order valence-corrected chi connectivity index (χ1v) is 5.88. The molecule has 2 nitrogen and oxygen atoms in total. The van der Waals surface area contributed by atoms with E-state index in [2.05, 4.69) is 41.9 Å². The molecule has 0 atom stereocenters. The molecule has 0 saturated carbocycles. The lowest BCUT2D eigenvalue weighted by atomic mass is 9.66. The molecule has 2 rings (SSSR count). The molecular weight excluding hydrogens is 254 g/mol. The Labute approximate surface area is 98.9 Å². The normalized spacial score (nSPS) is 19.7. The Hall–Kier alpha value is -0.380. The summed E-state index contributed by atoms with van der Waals surface area (Å²) in [6.07, 6.45) is 0. The molecule has 15 heavy (non-hydrogen) atoms. The first-order chi connectivity index (χ1) is 6.97. The van der Waals surface area contributed by atoms with Crippen molar-refractivity contribution in [3.05, 3.63) is 34.3 Å². The Morgan fingerprint density at radius 2 is 1.93 bits per heavy atom. The van der Waals surface area contributed by atoms with Crippen LogP contribution in [0.1, 0.15) is 19.4 Å². The zero-order chi connectivity index (χ0) is 11.1. The molecule has 1 heterocycles. The topological polar surface area (TPSA) is 35.2 Å². The van der Waals surface area contributed by atoms with E-state index in [0.717, 1.165) is 4.47 Å². The molecule has 1 aliphatic heterocycles. The number of hydrogen-bond donors (Lipinski definition) is 1. The van der Waals surface area contributed by atoms with Gasteiger partial charge < -0.3 is 10.5 Å². The van der Waals surface area contributed by atoms with E-state index in [1.165, 1.54) is 5.56 Å². The standard InChI is InChI=1S/C12H16BrNO/c1-11(2,14)12(7-15-8-12)9-5-3-4-6-10(9)13/h3-6H,7-8,14H2,1-2H3. The molecule has 0 aromatic heterocycles. The SMILES string of the molecule is CC(C)(N)C1(c2ccccc2Br)COC1. The van der Waals surface area contributed by atoms with Crippen LogP contribution in [0.2, 0.25) is 0 Å². The van der Waals surface area contributed by atoms with Gasteiger partial charge in [0.2, 0.25) is 0 Å². The van der Waals surface area contributed by atoms with E-state index in [4.69, 9.17) is 10.5 Å². The molecule has 0 aliphatic carbocycles. The first kappa shape index (κ1) is 11.1. The molecule has 82 valence electrons. The Bertz CT molecular complexity index is 366. The lowest BCUT2D eigenvalue weighted by Gasteiger charge is -2.51. The number of nitrogens with two attached hydrogens (primary N) is 1. The highest BCUT2D eigenvalue weighted by molar-refractivity contribution is 9.10. The van der Waals surface area contributed by atoms with E-state index in [1.54, 1.807) is 0 Å². The van der Waals surface area contributed by atoms with Gasteiger partial charge in [-0.05, 0) is 25.5 Å². The molecule has 1 saturated heterocycles. The fraction of sp³-hybridized carbons (Fsp3) is 0.500. The number of ether oxygens (including phenoxy) is 1. The molecule has 1 aliphatic rings. The van der Waals surface area contributed by atoms with Crippen LogP contribution >= 0.6 is 15.9 Å². The predicted molar refractivity (Wildman–Crippen MR) is 64.9 cm³/mol.